The average molecular weight is 282 g/mol. The van der Waals surface area contributed by atoms with Crippen LogP contribution in [0.4, 0.5) is 0 Å². The van der Waals surface area contributed by atoms with Crippen molar-refractivity contribution in [2.45, 2.75) is 45.6 Å². The molecule has 0 atom stereocenters. The third-order valence-corrected chi connectivity index (χ3v) is 3.81. The van der Waals surface area contributed by atoms with E-state index in [9.17, 15) is 4.79 Å². The molecule has 0 spiro atoms. The summed E-state index contributed by atoms with van der Waals surface area (Å²) in [7, 11) is 0. The van der Waals surface area contributed by atoms with Crippen LogP contribution in [-0.2, 0) is 10.2 Å². The SMILES string of the molecule is CC(C)(CO)NC(=O)/C=C/c1cnc(C(C)(C)C)s1. The smallest absolute Gasteiger partial charge is 0.244 e. The maximum Gasteiger partial charge on any atom is 0.244 e. The van der Waals surface area contributed by atoms with Crippen LogP contribution in [0, 0.1) is 0 Å². The lowest BCUT2D eigenvalue weighted by Gasteiger charge is -2.22. The number of rotatable bonds is 4. The molecule has 1 amide bonds. The minimum atomic E-state index is -0.605. The van der Waals surface area contributed by atoms with E-state index in [0.29, 0.717) is 0 Å². The van der Waals surface area contributed by atoms with Gasteiger partial charge >= 0.3 is 0 Å². The molecule has 0 bridgehead atoms. The van der Waals surface area contributed by atoms with Crippen LogP contribution in [0.3, 0.4) is 0 Å². The Morgan fingerprint density at radius 1 is 1.42 bits per heavy atom. The molecule has 1 rings (SSSR count). The number of nitrogens with one attached hydrogen (secondary N) is 1. The van der Waals surface area contributed by atoms with Crippen LogP contribution in [0.5, 0.6) is 0 Å². The molecular weight excluding hydrogens is 260 g/mol. The highest BCUT2D eigenvalue weighted by Crippen LogP contribution is 2.27. The van der Waals surface area contributed by atoms with Crippen molar-refractivity contribution in [2.75, 3.05) is 6.61 Å². The van der Waals surface area contributed by atoms with Gasteiger partial charge in [-0.3, -0.25) is 4.79 Å². The molecule has 0 aliphatic carbocycles. The van der Waals surface area contributed by atoms with Gasteiger partial charge in [-0.25, -0.2) is 4.98 Å². The summed E-state index contributed by atoms with van der Waals surface area (Å²) in [6.07, 6.45) is 4.99. The maximum atomic E-state index is 11.7. The molecule has 2 N–H and O–H groups in total. The highest BCUT2D eigenvalue weighted by atomic mass is 32.1. The van der Waals surface area contributed by atoms with Crippen molar-refractivity contribution in [2.24, 2.45) is 0 Å². The van der Waals surface area contributed by atoms with E-state index in [1.807, 2.05) is 0 Å². The van der Waals surface area contributed by atoms with E-state index >= 15 is 0 Å². The highest BCUT2D eigenvalue weighted by Gasteiger charge is 2.18. The second-order valence-corrected chi connectivity index (χ2v) is 7.24. The normalized spacial score (nSPS) is 12.9. The van der Waals surface area contributed by atoms with Gasteiger partial charge in [-0.15, -0.1) is 11.3 Å². The summed E-state index contributed by atoms with van der Waals surface area (Å²) in [5, 5.41) is 12.8. The number of carbonyl (C=O) groups excluding carboxylic acids is 1. The second-order valence-electron chi connectivity index (χ2n) is 6.18. The van der Waals surface area contributed by atoms with Crippen LogP contribution in [0.1, 0.15) is 44.5 Å². The van der Waals surface area contributed by atoms with Gasteiger partial charge in [0.05, 0.1) is 17.2 Å². The van der Waals surface area contributed by atoms with E-state index in [2.05, 4.69) is 31.1 Å². The standard InChI is InChI=1S/C14H22N2O2S/c1-13(2,3)12-15-8-10(19-12)6-7-11(18)16-14(4,5)9-17/h6-8,17H,9H2,1-5H3,(H,16,18)/b7-6+. The molecule has 1 aromatic heterocycles. The van der Waals surface area contributed by atoms with Crippen molar-refractivity contribution in [1.29, 1.82) is 0 Å². The van der Waals surface area contributed by atoms with E-state index in [0.717, 1.165) is 9.88 Å². The molecule has 4 nitrogen and oxygen atoms in total. The zero-order chi connectivity index (χ0) is 14.7. The molecule has 0 unspecified atom stereocenters. The first-order chi connectivity index (χ1) is 8.64. The quantitative estimate of drug-likeness (QED) is 0.833. The first-order valence-corrected chi connectivity index (χ1v) is 7.03. The van der Waals surface area contributed by atoms with Gasteiger partial charge in [0, 0.05) is 22.6 Å². The van der Waals surface area contributed by atoms with Gasteiger partial charge in [-0.2, -0.15) is 0 Å². The van der Waals surface area contributed by atoms with Crippen LogP contribution in [0.2, 0.25) is 0 Å². The fraction of sp³-hybridized carbons (Fsp3) is 0.571. The van der Waals surface area contributed by atoms with E-state index in [1.165, 1.54) is 6.08 Å². The molecule has 0 saturated heterocycles. The Hall–Kier alpha value is -1.20. The Labute approximate surface area is 118 Å². The van der Waals surface area contributed by atoms with Crippen LogP contribution in [0.15, 0.2) is 12.3 Å². The Balaban J connectivity index is 2.67. The van der Waals surface area contributed by atoms with Crippen molar-refractivity contribution < 1.29 is 9.90 Å². The Kier molecular flexibility index (Phi) is 4.87. The molecule has 0 radical (unpaired) electrons. The number of amides is 1. The summed E-state index contributed by atoms with van der Waals surface area (Å²) in [6, 6.07) is 0. The van der Waals surface area contributed by atoms with E-state index in [4.69, 9.17) is 5.11 Å². The molecule has 1 aromatic rings. The lowest BCUT2D eigenvalue weighted by Crippen LogP contribution is -2.45. The summed E-state index contributed by atoms with van der Waals surface area (Å²) in [5.74, 6) is -0.218. The van der Waals surface area contributed by atoms with Crippen molar-refractivity contribution >= 4 is 23.3 Å². The fourth-order valence-corrected chi connectivity index (χ4v) is 2.16. The van der Waals surface area contributed by atoms with Crippen LogP contribution >= 0.6 is 11.3 Å². The Morgan fingerprint density at radius 3 is 2.53 bits per heavy atom. The topological polar surface area (TPSA) is 62.2 Å². The zero-order valence-corrected chi connectivity index (χ0v) is 13.0. The third-order valence-electron chi connectivity index (χ3n) is 2.42. The van der Waals surface area contributed by atoms with Crippen LogP contribution in [-0.4, -0.2) is 28.1 Å². The molecule has 0 aliphatic rings. The predicted molar refractivity (Wildman–Crippen MR) is 79.2 cm³/mol. The second kappa shape index (κ2) is 5.84. The Bertz CT molecular complexity index is 470. The largest absolute Gasteiger partial charge is 0.394 e. The number of carbonyl (C=O) groups is 1. The van der Waals surface area contributed by atoms with E-state index < -0.39 is 5.54 Å². The summed E-state index contributed by atoms with van der Waals surface area (Å²) in [5.41, 5.74) is -0.580. The van der Waals surface area contributed by atoms with Crippen molar-refractivity contribution in [3.05, 3.63) is 22.2 Å². The summed E-state index contributed by atoms with van der Waals surface area (Å²) in [6.45, 7) is 9.76. The first kappa shape index (κ1) is 15.9. The number of hydrogen-bond donors (Lipinski definition) is 2. The molecule has 0 saturated carbocycles. The predicted octanol–water partition coefficient (Wildman–Crippen LogP) is 2.34. The first-order valence-electron chi connectivity index (χ1n) is 6.21. The number of thiazole rings is 1. The zero-order valence-electron chi connectivity index (χ0n) is 12.2. The lowest BCUT2D eigenvalue weighted by molar-refractivity contribution is -0.118. The van der Waals surface area contributed by atoms with E-state index in [1.54, 1.807) is 37.5 Å². The molecule has 106 valence electrons. The van der Waals surface area contributed by atoms with Crippen molar-refractivity contribution in [1.82, 2.24) is 10.3 Å². The third kappa shape index (κ3) is 5.12. The summed E-state index contributed by atoms with van der Waals surface area (Å²) in [4.78, 5) is 17.0. The number of nitrogens with zero attached hydrogens (tertiary/aromatic N) is 1. The van der Waals surface area contributed by atoms with Gasteiger partial charge in [0.2, 0.25) is 5.91 Å². The molecular formula is C14H22N2O2S. The van der Waals surface area contributed by atoms with Crippen LogP contribution in [0.25, 0.3) is 6.08 Å². The van der Waals surface area contributed by atoms with Gasteiger partial charge in [-0.05, 0) is 19.9 Å². The number of aromatic nitrogens is 1. The fourth-order valence-electron chi connectivity index (χ4n) is 1.28. The van der Waals surface area contributed by atoms with Crippen molar-refractivity contribution in [3.8, 4) is 0 Å². The molecule has 19 heavy (non-hydrogen) atoms. The summed E-state index contributed by atoms with van der Waals surface area (Å²) >= 11 is 1.58. The van der Waals surface area contributed by atoms with Gasteiger partial charge < -0.3 is 10.4 Å². The average Bonchev–Trinajstić information content (AvgIpc) is 2.74. The van der Waals surface area contributed by atoms with Gasteiger partial charge in [0.15, 0.2) is 0 Å². The van der Waals surface area contributed by atoms with Gasteiger partial charge in [-0.1, -0.05) is 20.8 Å². The van der Waals surface area contributed by atoms with Crippen LogP contribution < -0.4 is 5.32 Å². The number of aliphatic hydroxyl groups is 1. The molecule has 0 aromatic carbocycles. The van der Waals surface area contributed by atoms with Gasteiger partial charge in [0.1, 0.15) is 0 Å². The summed E-state index contributed by atoms with van der Waals surface area (Å²) < 4.78 is 0. The molecule has 0 aliphatic heterocycles. The minimum absolute atomic E-state index is 0.0257. The molecule has 0 fully saturated rings. The van der Waals surface area contributed by atoms with Gasteiger partial charge in [0.25, 0.3) is 0 Å². The number of aliphatic hydroxyl groups excluding tert-OH is 1. The molecule has 5 heteroatoms. The van der Waals surface area contributed by atoms with E-state index in [-0.39, 0.29) is 17.9 Å². The maximum absolute atomic E-state index is 11.7. The molecule has 1 heterocycles. The highest BCUT2D eigenvalue weighted by molar-refractivity contribution is 7.12. The number of hydrogen-bond acceptors (Lipinski definition) is 4. The minimum Gasteiger partial charge on any atom is -0.394 e. The monoisotopic (exact) mass is 282 g/mol. The lowest BCUT2D eigenvalue weighted by atomic mass is 9.98. The Morgan fingerprint density at radius 2 is 2.05 bits per heavy atom. The van der Waals surface area contributed by atoms with Crippen molar-refractivity contribution in [3.63, 3.8) is 0 Å².